The van der Waals surface area contributed by atoms with Crippen molar-refractivity contribution >= 4 is 5.57 Å². The van der Waals surface area contributed by atoms with E-state index in [9.17, 15) is 5.11 Å². The van der Waals surface area contributed by atoms with Crippen LogP contribution in [0.5, 0.6) is 0 Å². The third-order valence-corrected chi connectivity index (χ3v) is 3.64. The molecule has 0 aliphatic heterocycles. The van der Waals surface area contributed by atoms with Gasteiger partial charge in [0.1, 0.15) is 5.60 Å². The molecule has 0 saturated heterocycles. The molecular formula is C17H16O. The number of aliphatic hydroxyl groups is 1. The van der Waals surface area contributed by atoms with E-state index in [2.05, 4.69) is 18.2 Å². The summed E-state index contributed by atoms with van der Waals surface area (Å²) in [5, 5.41) is 11.0. The Morgan fingerprint density at radius 2 is 1.44 bits per heavy atom. The highest BCUT2D eigenvalue weighted by Gasteiger charge is 2.37. The van der Waals surface area contributed by atoms with E-state index in [-0.39, 0.29) is 0 Å². The predicted molar refractivity (Wildman–Crippen MR) is 74.0 cm³/mol. The third kappa shape index (κ3) is 1.77. The van der Waals surface area contributed by atoms with Gasteiger partial charge in [-0.05, 0) is 29.5 Å². The molecule has 2 aromatic rings. The highest BCUT2D eigenvalue weighted by molar-refractivity contribution is 5.75. The minimum Gasteiger partial charge on any atom is -0.380 e. The molecule has 1 unspecified atom stereocenters. The fourth-order valence-electron chi connectivity index (χ4n) is 2.72. The van der Waals surface area contributed by atoms with E-state index in [1.165, 1.54) is 0 Å². The van der Waals surface area contributed by atoms with Crippen LogP contribution >= 0.6 is 0 Å². The predicted octanol–water partition coefficient (Wildman–Crippen LogP) is 3.75. The van der Waals surface area contributed by atoms with E-state index in [1.54, 1.807) is 0 Å². The van der Waals surface area contributed by atoms with Gasteiger partial charge in [0.25, 0.3) is 0 Å². The Hall–Kier alpha value is -1.86. The number of benzene rings is 2. The summed E-state index contributed by atoms with van der Waals surface area (Å²) in [6, 6.07) is 20.1. The molecule has 18 heavy (non-hydrogen) atoms. The molecule has 1 aliphatic rings. The smallest absolute Gasteiger partial charge is 0.115 e. The maximum atomic E-state index is 11.0. The van der Waals surface area contributed by atoms with Crippen molar-refractivity contribution in [1.29, 1.82) is 0 Å². The van der Waals surface area contributed by atoms with E-state index < -0.39 is 5.60 Å². The summed E-state index contributed by atoms with van der Waals surface area (Å²) >= 11 is 0. The molecule has 1 atom stereocenters. The lowest BCUT2D eigenvalue weighted by molar-refractivity contribution is 0.0995. The maximum absolute atomic E-state index is 11.0. The minimum atomic E-state index is -0.831. The molecule has 0 bridgehead atoms. The molecule has 3 rings (SSSR count). The van der Waals surface area contributed by atoms with E-state index >= 15 is 0 Å². The standard InChI is InChI=1S/C17H16O/c18-17(15-10-5-2-6-11-15)13-7-12-16(17)14-8-3-1-4-9-14/h1-6,8-12,18H,7,13H2. The molecule has 0 spiro atoms. The average Bonchev–Trinajstić information content (AvgIpc) is 2.84. The average molecular weight is 236 g/mol. The molecule has 1 nitrogen and oxygen atoms in total. The van der Waals surface area contributed by atoms with Gasteiger partial charge in [-0.15, -0.1) is 0 Å². The molecule has 0 fully saturated rings. The lowest BCUT2D eigenvalue weighted by atomic mass is 9.84. The van der Waals surface area contributed by atoms with Crippen molar-refractivity contribution in [1.82, 2.24) is 0 Å². The van der Waals surface area contributed by atoms with E-state index in [1.807, 2.05) is 48.5 Å². The SMILES string of the molecule is OC1(c2ccccc2)CCC=C1c1ccccc1. The zero-order valence-electron chi connectivity index (χ0n) is 10.2. The second-order valence-electron chi connectivity index (χ2n) is 4.75. The fraction of sp³-hybridized carbons (Fsp3) is 0.176. The van der Waals surface area contributed by atoms with Crippen LogP contribution in [-0.2, 0) is 5.60 Å². The van der Waals surface area contributed by atoms with Gasteiger partial charge < -0.3 is 5.11 Å². The zero-order chi connectivity index (χ0) is 12.4. The summed E-state index contributed by atoms with van der Waals surface area (Å²) in [7, 11) is 0. The first-order chi connectivity index (χ1) is 8.81. The van der Waals surface area contributed by atoms with Gasteiger partial charge in [0.2, 0.25) is 0 Å². The lowest BCUT2D eigenvalue weighted by Gasteiger charge is -2.27. The Kier molecular flexibility index (Phi) is 2.77. The molecule has 0 saturated carbocycles. The lowest BCUT2D eigenvalue weighted by Crippen LogP contribution is -2.24. The summed E-state index contributed by atoms with van der Waals surface area (Å²) in [6.07, 6.45) is 3.85. The largest absolute Gasteiger partial charge is 0.380 e. The van der Waals surface area contributed by atoms with E-state index in [4.69, 9.17) is 0 Å². The fourth-order valence-corrected chi connectivity index (χ4v) is 2.72. The van der Waals surface area contributed by atoms with Crippen LogP contribution in [0.2, 0.25) is 0 Å². The summed E-state index contributed by atoms with van der Waals surface area (Å²) in [5.41, 5.74) is 2.30. The Bertz CT molecular complexity index is 557. The van der Waals surface area contributed by atoms with Gasteiger partial charge in [-0.3, -0.25) is 0 Å². The molecule has 0 amide bonds. The first-order valence-electron chi connectivity index (χ1n) is 6.35. The second-order valence-corrected chi connectivity index (χ2v) is 4.75. The van der Waals surface area contributed by atoms with Crippen molar-refractivity contribution in [3.05, 3.63) is 77.9 Å². The van der Waals surface area contributed by atoms with Crippen LogP contribution < -0.4 is 0 Å². The molecule has 90 valence electrons. The van der Waals surface area contributed by atoms with Crippen molar-refractivity contribution in [3.63, 3.8) is 0 Å². The quantitative estimate of drug-likeness (QED) is 0.842. The van der Waals surface area contributed by atoms with Gasteiger partial charge >= 0.3 is 0 Å². The van der Waals surface area contributed by atoms with Gasteiger partial charge in [-0.25, -0.2) is 0 Å². The van der Waals surface area contributed by atoms with Crippen LogP contribution in [-0.4, -0.2) is 5.11 Å². The van der Waals surface area contributed by atoms with E-state index in [0.717, 1.165) is 29.5 Å². The van der Waals surface area contributed by atoms with Crippen LogP contribution in [0.25, 0.3) is 5.57 Å². The summed E-state index contributed by atoms with van der Waals surface area (Å²) < 4.78 is 0. The molecule has 0 heterocycles. The summed E-state index contributed by atoms with van der Waals surface area (Å²) in [6.45, 7) is 0. The normalized spacial score (nSPS) is 22.8. The maximum Gasteiger partial charge on any atom is 0.115 e. The molecule has 1 N–H and O–H groups in total. The van der Waals surface area contributed by atoms with Crippen molar-refractivity contribution in [3.8, 4) is 0 Å². The molecule has 1 aliphatic carbocycles. The van der Waals surface area contributed by atoms with Crippen molar-refractivity contribution in [2.45, 2.75) is 18.4 Å². The highest BCUT2D eigenvalue weighted by Crippen LogP contribution is 2.44. The molecule has 0 aromatic heterocycles. The van der Waals surface area contributed by atoms with Crippen LogP contribution in [0.1, 0.15) is 24.0 Å². The molecular weight excluding hydrogens is 220 g/mol. The number of hydrogen-bond donors (Lipinski definition) is 1. The Morgan fingerprint density at radius 3 is 2.11 bits per heavy atom. The Balaban J connectivity index is 2.06. The van der Waals surface area contributed by atoms with Crippen LogP contribution in [0.15, 0.2) is 66.7 Å². The van der Waals surface area contributed by atoms with Crippen LogP contribution in [0.3, 0.4) is 0 Å². The van der Waals surface area contributed by atoms with E-state index in [0.29, 0.717) is 0 Å². The minimum absolute atomic E-state index is 0.765. The van der Waals surface area contributed by atoms with Gasteiger partial charge in [0.05, 0.1) is 0 Å². The summed E-state index contributed by atoms with van der Waals surface area (Å²) in [5.74, 6) is 0. The van der Waals surface area contributed by atoms with Gasteiger partial charge in [0, 0.05) is 0 Å². The first kappa shape index (κ1) is 11.2. The van der Waals surface area contributed by atoms with Crippen molar-refractivity contribution in [2.75, 3.05) is 0 Å². The number of rotatable bonds is 2. The number of allylic oxidation sites excluding steroid dienone is 1. The highest BCUT2D eigenvalue weighted by atomic mass is 16.3. The number of hydrogen-bond acceptors (Lipinski definition) is 1. The van der Waals surface area contributed by atoms with Crippen LogP contribution in [0, 0.1) is 0 Å². The molecule has 1 heteroatoms. The monoisotopic (exact) mass is 236 g/mol. The second kappa shape index (κ2) is 4.43. The Morgan fingerprint density at radius 1 is 0.833 bits per heavy atom. The molecule has 0 radical (unpaired) electrons. The third-order valence-electron chi connectivity index (χ3n) is 3.64. The first-order valence-corrected chi connectivity index (χ1v) is 6.35. The Labute approximate surface area is 107 Å². The van der Waals surface area contributed by atoms with Crippen LogP contribution in [0.4, 0.5) is 0 Å². The molecule has 2 aromatic carbocycles. The summed E-state index contributed by atoms with van der Waals surface area (Å²) in [4.78, 5) is 0. The van der Waals surface area contributed by atoms with Crippen molar-refractivity contribution in [2.24, 2.45) is 0 Å². The zero-order valence-corrected chi connectivity index (χ0v) is 10.2. The topological polar surface area (TPSA) is 20.2 Å². The van der Waals surface area contributed by atoms with Crippen molar-refractivity contribution < 1.29 is 5.11 Å². The van der Waals surface area contributed by atoms with Gasteiger partial charge in [0.15, 0.2) is 0 Å². The van der Waals surface area contributed by atoms with Gasteiger partial charge in [-0.1, -0.05) is 66.7 Å². The van der Waals surface area contributed by atoms with Gasteiger partial charge in [-0.2, -0.15) is 0 Å².